The van der Waals surface area contributed by atoms with Crippen molar-refractivity contribution in [2.75, 3.05) is 18.0 Å². The van der Waals surface area contributed by atoms with Crippen LogP contribution < -0.4 is 4.90 Å². The van der Waals surface area contributed by atoms with Crippen LogP contribution in [0.3, 0.4) is 0 Å². The van der Waals surface area contributed by atoms with E-state index in [1.54, 1.807) is 0 Å². The molecule has 0 amide bonds. The Morgan fingerprint density at radius 2 is 1.86 bits per heavy atom. The summed E-state index contributed by atoms with van der Waals surface area (Å²) in [7, 11) is 0. The van der Waals surface area contributed by atoms with Gasteiger partial charge in [0.15, 0.2) is 0 Å². The molecule has 3 rings (SSSR count). The highest BCUT2D eigenvalue weighted by Crippen LogP contribution is 2.28. The summed E-state index contributed by atoms with van der Waals surface area (Å²) in [5.41, 5.74) is 3.86. The largest absolute Gasteiger partial charge is 0.371 e. The molecule has 1 aliphatic heterocycles. The smallest absolute Gasteiger partial charge is 0.0509 e. The van der Waals surface area contributed by atoms with Gasteiger partial charge in [0.1, 0.15) is 0 Å². The van der Waals surface area contributed by atoms with E-state index < -0.39 is 0 Å². The minimum absolute atomic E-state index is 0.535. The average molecular weight is 301 g/mol. The van der Waals surface area contributed by atoms with Crippen LogP contribution >= 0.6 is 11.6 Å². The molecule has 1 fully saturated rings. The lowest BCUT2D eigenvalue weighted by Crippen LogP contribution is -2.34. The Morgan fingerprint density at radius 1 is 1.10 bits per heavy atom. The topological polar surface area (TPSA) is 16.1 Å². The molecule has 1 saturated heterocycles. The highest BCUT2D eigenvalue weighted by molar-refractivity contribution is 6.17. The van der Waals surface area contributed by atoms with E-state index in [9.17, 15) is 0 Å². The van der Waals surface area contributed by atoms with Gasteiger partial charge in [0.05, 0.1) is 5.88 Å². The summed E-state index contributed by atoms with van der Waals surface area (Å²) in [5.74, 6) is 1.33. The number of nitrogens with zero attached hydrogens (tertiary/aromatic N) is 2. The first-order valence-electron chi connectivity index (χ1n) is 7.64. The van der Waals surface area contributed by atoms with E-state index in [0.717, 1.165) is 24.6 Å². The van der Waals surface area contributed by atoms with E-state index in [-0.39, 0.29) is 0 Å². The standard InChI is InChI=1S/C18H21ClN2/c19-13-17-14-20-9-6-18(17)21-10-7-16(8-11-21)12-15-4-2-1-3-5-15/h1-6,9,14,16H,7-8,10-13H2. The van der Waals surface area contributed by atoms with Crippen molar-refractivity contribution in [1.82, 2.24) is 4.98 Å². The molecule has 0 radical (unpaired) electrons. The number of hydrogen-bond donors (Lipinski definition) is 0. The van der Waals surface area contributed by atoms with Gasteiger partial charge in [-0.25, -0.2) is 0 Å². The van der Waals surface area contributed by atoms with Crippen LogP contribution in [0.4, 0.5) is 5.69 Å². The van der Waals surface area contributed by atoms with Crippen molar-refractivity contribution in [3.8, 4) is 0 Å². The molecule has 0 spiro atoms. The molecular formula is C18H21ClN2. The molecule has 1 aromatic carbocycles. The summed E-state index contributed by atoms with van der Waals surface area (Å²) in [5, 5.41) is 0. The van der Waals surface area contributed by atoms with Gasteiger partial charge in [0, 0.05) is 36.7 Å². The van der Waals surface area contributed by atoms with Crippen LogP contribution in [0.1, 0.15) is 24.0 Å². The lowest BCUT2D eigenvalue weighted by atomic mass is 9.90. The fourth-order valence-electron chi connectivity index (χ4n) is 3.16. The lowest BCUT2D eigenvalue weighted by Gasteiger charge is -2.34. The molecule has 0 N–H and O–H groups in total. The molecule has 3 heteroatoms. The van der Waals surface area contributed by atoms with Gasteiger partial charge in [-0.2, -0.15) is 0 Å². The fraction of sp³-hybridized carbons (Fsp3) is 0.389. The van der Waals surface area contributed by atoms with Gasteiger partial charge in [-0.1, -0.05) is 30.3 Å². The molecule has 110 valence electrons. The Labute approximate surface area is 131 Å². The molecule has 0 aliphatic carbocycles. The van der Waals surface area contributed by atoms with Crippen LogP contribution in [0.25, 0.3) is 0 Å². The molecule has 0 bridgehead atoms. The quantitative estimate of drug-likeness (QED) is 0.784. The van der Waals surface area contributed by atoms with E-state index in [4.69, 9.17) is 11.6 Å². The maximum Gasteiger partial charge on any atom is 0.0509 e. The van der Waals surface area contributed by atoms with Crippen molar-refractivity contribution in [2.45, 2.75) is 25.1 Å². The molecule has 2 heterocycles. The number of rotatable bonds is 4. The third-order valence-corrected chi connectivity index (χ3v) is 4.63. The van der Waals surface area contributed by atoms with Gasteiger partial charge in [-0.3, -0.25) is 4.98 Å². The number of benzene rings is 1. The summed E-state index contributed by atoms with van der Waals surface area (Å²) in [6, 6.07) is 12.9. The van der Waals surface area contributed by atoms with Gasteiger partial charge >= 0.3 is 0 Å². The Bertz CT molecular complexity index is 562. The fourth-order valence-corrected chi connectivity index (χ4v) is 3.36. The molecule has 2 aromatic rings. The van der Waals surface area contributed by atoms with Crippen molar-refractivity contribution in [1.29, 1.82) is 0 Å². The Kier molecular flexibility index (Phi) is 4.76. The van der Waals surface area contributed by atoms with Crippen LogP contribution in [0.5, 0.6) is 0 Å². The monoisotopic (exact) mass is 300 g/mol. The molecule has 2 nitrogen and oxygen atoms in total. The van der Waals surface area contributed by atoms with Gasteiger partial charge in [0.2, 0.25) is 0 Å². The molecule has 0 unspecified atom stereocenters. The summed E-state index contributed by atoms with van der Waals surface area (Å²) in [6.45, 7) is 2.23. The molecule has 21 heavy (non-hydrogen) atoms. The van der Waals surface area contributed by atoms with Gasteiger partial charge in [-0.15, -0.1) is 11.6 Å². The summed E-state index contributed by atoms with van der Waals surface area (Å²) in [6.07, 6.45) is 7.45. The number of pyridine rings is 1. The molecule has 0 saturated carbocycles. The van der Waals surface area contributed by atoms with Crippen LogP contribution in [0.2, 0.25) is 0 Å². The van der Waals surface area contributed by atoms with Gasteiger partial charge < -0.3 is 4.90 Å². The second kappa shape index (κ2) is 6.95. The van der Waals surface area contributed by atoms with Crippen molar-refractivity contribution < 1.29 is 0 Å². The molecule has 1 aliphatic rings. The normalized spacial score (nSPS) is 16.1. The summed E-state index contributed by atoms with van der Waals surface area (Å²) < 4.78 is 0. The van der Waals surface area contributed by atoms with Crippen molar-refractivity contribution in [2.24, 2.45) is 5.92 Å². The lowest BCUT2D eigenvalue weighted by molar-refractivity contribution is 0.403. The zero-order valence-electron chi connectivity index (χ0n) is 12.2. The zero-order valence-corrected chi connectivity index (χ0v) is 13.0. The number of piperidine rings is 1. The number of anilines is 1. The van der Waals surface area contributed by atoms with E-state index >= 15 is 0 Å². The molecule has 0 atom stereocenters. The highest BCUT2D eigenvalue weighted by Gasteiger charge is 2.21. The Morgan fingerprint density at radius 3 is 2.57 bits per heavy atom. The minimum atomic E-state index is 0.535. The maximum absolute atomic E-state index is 6.02. The first-order chi connectivity index (χ1) is 10.4. The highest BCUT2D eigenvalue weighted by atomic mass is 35.5. The minimum Gasteiger partial charge on any atom is -0.371 e. The zero-order chi connectivity index (χ0) is 14.5. The average Bonchev–Trinajstić information content (AvgIpc) is 2.56. The van der Waals surface area contributed by atoms with Crippen molar-refractivity contribution in [3.05, 3.63) is 59.9 Å². The van der Waals surface area contributed by atoms with Crippen molar-refractivity contribution in [3.63, 3.8) is 0 Å². The second-order valence-corrected chi connectivity index (χ2v) is 6.03. The van der Waals surface area contributed by atoms with E-state index in [1.165, 1.54) is 30.5 Å². The van der Waals surface area contributed by atoms with Crippen LogP contribution in [0, 0.1) is 5.92 Å². The van der Waals surface area contributed by atoms with Crippen molar-refractivity contribution >= 4 is 17.3 Å². The maximum atomic E-state index is 6.02. The van der Waals surface area contributed by atoms with Gasteiger partial charge in [0.25, 0.3) is 0 Å². The third-order valence-electron chi connectivity index (χ3n) is 4.34. The van der Waals surface area contributed by atoms with Crippen LogP contribution in [-0.4, -0.2) is 18.1 Å². The summed E-state index contributed by atoms with van der Waals surface area (Å²) in [4.78, 5) is 6.63. The van der Waals surface area contributed by atoms with Gasteiger partial charge in [-0.05, 0) is 36.8 Å². The SMILES string of the molecule is ClCc1cnccc1N1CCC(Cc2ccccc2)CC1. The first-order valence-corrected chi connectivity index (χ1v) is 8.18. The van der Waals surface area contributed by atoms with Crippen LogP contribution in [-0.2, 0) is 12.3 Å². The van der Waals surface area contributed by atoms with E-state index in [0.29, 0.717) is 5.88 Å². The number of aromatic nitrogens is 1. The first kappa shape index (κ1) is 14.4. The predicted molar refractivity (Wildman–Crippen MR) is 88.9 cm³/mol. The van der Waals surface area contributed by atoms with E-state index in [2.05, 4.69) is 46.3 Å². The third kappa shape index (κ3) is 3.56. The Hall–Kier alpha value is -1.54. The number of hydrogen-bond acceptors (Lipinski definition) is 2. The van der Waals surface area contributed by atoms with E-state index in [1.807, 2.05) is 12.4 Å². The predicted octanol–water partition coefficient (Wildman–Crippen LogP) is 4.28. The summed E-state index contributed by atoms with van der Waals surface area (Å²) >= 11 is 6.02. The number of halogens is 1. The second-order valence-electron chi connectivity index (χ2n) is 5.76. The molecule has 1 aromatic heterocycles. The number of alkyl halides is 1. The Balaban J connectivity index is 1.60. The molecular weight excluding hydrogens is 280 g/mol. The van der Waals surface area contributed by atoms with Crippen LogP contribution in [0.15, 0.2) is 48.8 Å².